The topological polar surface area (TPSA) is 157 Å². The van der Waals surface area contributed by atoms with Gasteiger partial charge in [0.15, 0.2) is 0 Å². The number of hydrogen-bond donors (Lipinski definition) is 4. The van der Waals surface area contributed by atoms with Crippen molar-refractivity contribution in [2.45, 2.75) is 17.7 Å². The highest BCUT2D eigenvalue weighted by Crippen LogP contribution is 2.28. The molecule has 2 saturated heterocycles. The fourth-order valence-corrected chi connectivity index (χ4v) is 6.27. The van der Waals surface area contributed by atoms with Gasteiger partial charge in [-0.2, -0.15) is 4.31 Å². The lowest BCUT2D eigenvalue weighted by Crippen LogP contribution is -2.56. The SMILES string of the molecule is N=C(N)c1cccc(N2CC(CO)CN(CC3CCN(S(=O)(=O)c4cccc(N)c4)CC3)C2=O)c1. The molecule has 188 valence electrons. The number of aliphatic hydroxyl groups excluding tert-OH is 1. The Morgan fingerprint density at radius 1 is 1.06 bits per heavy atom. The summed E-state index contributed by atoms with van der Waals surface area (Å²) in [4.78, 5) is 16.9. The Kier molecular flexibility index (Phi) is 7.29. The van der Waals surface area contributed by atoms with Crippen molar-refractivity contribution in [3.63, 3.8) is 0 Å². The molecule has 0 spiro atoms. The molecule has 35 heavy (non-hydrogen) atoms. The van der Waals surface area contributed by atoms with Crippen LogP contribution in [0.1, 0.15) is 18.4 Å². The van der Waals surface area contributed by atoms with Crippen molar-refractivity contribution in [2.24, 2.45) is 17.6 Å². The second-order valence-electron chi connectivity index (χ2n) is 9.23. The number of carbonyl (C=O) groups is 1. The number of amidine groups is 1. The summed E-state index contributed by atoms with van der Waals surface area (Å²) in [6.45, 7) is 2.01. The van der Waals surface area contributed by atoms with Gasteiger partial charge in [-0.25, -0.2) is 13.2 Å². The number of sulfonamides is 1. The van der Waals surface area contributed by atoms with Crippen molar-refractivity contribution in [3.8, 4) is 0 Å². The van der Waals surface area contributed by atoms with E-state index >= 15 is 0 Å². The standard InChI is InChI=1S/C24H32N6O4S/c25-20-4-2-6-22(12-20)35(33,34)29-9-7-17(8-10-29)13-28-14-18(16-31)15-30(24(28)32)21-5-1-3-19(11-21)23(26)27/h1-6,11-12,17-18,31H,7-10,13-16,25H2,(H3,26,27). The molecule has 2 aromatic carbocycles. The van der Waals surface area contributed by atoms with Gasteiger partial charge in [-0.1, -0.05) is 18.2 Å². The van der Waals surface area contributed by atoms with Gasteiger partial charge < -0.3 is 21.5 Å². The van der Waals surface area contributed by atoms with E-state index in [0.29, 0.717) is 62.5 Å². The molecule has 0 saturated carbocycles. The predicted octanol–water partition coefficient (Wildman–Crippen LogP) is 1.50. The molecule has 11 heteroatoms. The first-order chi connectivity index (χ1) is 16.7. The van der Waals surface area contributed by atoms with Gasteiger partial charge in [0, 0.05) is 62.2 Å². The molecule has 2 aliphatic rings. The van der Waals surface area contributed by atoms with E-state index in [2.05, 4.69) is 0 Å². The fourth-order valence-electron chi connectivity index (χ4n) is 4.75. The summed E-state index contributed by atoms with van der Waals surface area (Å²) in [5, 5.41) is 17.5. The quantitative estimate of drug-likeness (QED) is 0.256. The molecule has 2 aliphatic heterocycles. The zero-order chi connectivity index (χ0) is 25.2. The van der Waals surface area contributed by atoms with Crippen molar-refractivity contribution in [3.05, 3.63) is 54.1 Å². The number of nitrogens with one attached hydrogen (secondary N) is 1. The zero-order valence-electron chi connectivity index (χ0n) is 19.5. The fraction of sp³-hybridized carbons (Fsp3) is 0.417. The summed E-state index contributed by atoms with van der Waals surface area (Å²) in [5.74, 6) is -0.0430. The smallest absolute Gasteiger partial charge is 0.324 e. The number of amides is 2. The van der Waals surface area contributed by atoms with Gasteiger partial charge in [0.1, 0.15) is 5.84 Å². The lowest BCUT2D eigenvalue weighted by Gasteiger charge is -2.42. The van der Waals surface area contributed by atoms with Gasteiger partial charge >= 0.3 is 6.03 Å². The number of nitrogens with two attached hydrogens (primary N) is 2. The molecular weight excluding hydrogens is 468 g/mol. The van der Waals surface area contributed by atoms with Crippen molar-refractivity contribution in [2.75, 3.05) is 50.0 Å². The van der Waals surface area contributed by atoms with Crippen molar-refractivity contribution >= 4 is 33.3 Å². The molecule has 6 N–H and O–H groups in total. The normalized spacial score (nSPS) is 20.3. The summed E-state index contributed by atoms with van der Waals surface area (Å²) in [7, 11) is -3.62. The monoisotopic (exact) mass is 500 g/mol. The maximum atomic E-state index is 13.3. The molecule has 1 atom stereocenters. The van der Waals surface area contributed by atoms with Gasteiger partial charge in [0.05, 0.1) is 4.90 Å². The number of aliphatic hydroxyl groups is 1. The second kappa shape index (κ2) is 10.2. The van der Waals surface area contributed by atoms with Crippen molar-refractivity contribution in [1.29, 1.82) is 5.41 Å². The third-order valence-corrected chi connectivity index (χ3v) is 8.59. The highest BCUT2D eigenvalue weighted by Gasteiger charge is 2.36. The summed E-state index contributed by atoms with van der Waals surface area (Å²) in [6.07, 6.45) is 1.27. The molecule has 1 unspecified atom stereocenters. The van der Waals surface area contributed by atoms with Gasteiger partial charge in [0.25, 0.3) is 0 Å². The van der Waals surface area contributed by atoms with Crippen LogP contribution in [-0.4, -0.2) is 73.9 Å². The van der Waals surface area contributed by atoms with E-state index in [1.54, 1.807) is 52.3 Å². The van der Waals surface area contributed by atoms with E-state index < -0.39 is 10.0 Å². The van der Waals surface area contributed by atoms with Gasteiger partial charge in [0.2, 0.25) is 10.0 Å². The number of nitrogens with zero attached hydrogens (tertiary/aromatic N) is 3. The molecule has 2 fully saturated rings. The zero-order valence-corrected chi connectivity index (χ0v) is 20.3. The molecule has 0 radical (unpaired) electrons. The van der Waals surface area contributed by atoms with Crippen LogP contribution in [0.2, 0.25) is 0 Å². The Morgan fingerprint density at radius 3 is 2.43 bits per heavy atom. The Bertz CT molecular complexity index is 1200. The van der Waals surface area contributed by atoms with E-state index in [0.717, 1.165) is 0 Å². The summed E-state index contributed by atoms with van der Waals surface area (Å²) >= 11 is 0. The third-order valence-electron chi connectivity index (χ3n) is 6.70. The third kappa shape index (κ3) is 5.42. The number of benzene rings is 2. The maximum Gasteiger partial charge on any atom is 0.324 e. The van der Waals surface area contributed by atoms with Gasteiger partial charge in [-0.3, -0.25) is 10.3 Å². The van der Waals surface area contributed by atoms with Crippen LogP contribution in [0.5, 0.6) is 0 Å². The lowest BCUT2D eigenvalue weighted by atomic mass is 9.96. The van der Waals surface area contributed by atoms with Crippen LogP contribution in [0.3, 0.4) is 0 Å². The van der Waals surface area contributed by atoms with Crippen LogP contribution in [0.15, 0.2) is 53.4 Å². The molecule has 10 nitrogen and oxygen atoms in total. The molecular formula is C24H32N6O4S. The number of piperidine rings is 1. The van der Waals surface area contributed by atoms with Crippen LogP contribution in [-0.2, 0) is 10.0 Å². The number of nitrogen functional groups attached to an aromatic ring is 2. The first-order valence-electron chi connectivity index (χ1n) is 11.7. The van der Waals surface area contributed by atoms with Gasteiger partial charge in [-0.05, 0) is 49.1 Å². The molecule has 2 amide bonds. The Balaban J connectivity index is 1.43. The lowest BCUT2D eigenvalue weighted by molar-refractivity contribution is 0.128. The van der Waals surface area contributed by atoms with Crippen molar-refractivity contribution < 1.29 is 18.3 Å². The molecule has 4 rings (SSSR count). The predicted molar refractivity (Wildman–Crippen MR) is 135 cm³/mol. The van der Waals surface area contributed by atoms with Crippen LogP contribution in [0, 0.1) is 17.2 Å². The Hall–Kier alpha value is -3.15. The summed E-state index contributed by atoms with van der Waals surface area (Å²) < 4.78 is 27.5. The highest BCUT2D eigenvalue weighted by molar-refractivity contribution is 7.89. The number of hydrogen-bond acceptors (Lipinski definition) is 6. The summed E-state index contributed by atoms with van der Waals surface area (Å²) in [5.41, 5.74) is 12.9. The first-order valence-corrected chi connectivity index (χ1v) is 13.1. The number of rotatable bonds is 7. The average Bonchev–Trinajstić information content (AvgIpc) is 2.85. The van der Waals surface area contributed by atoms with Crippen molar-refractivity contribution in [1.82, 2.24) is 9.21 Å². The van der Waals surface area contributed by atoms with E-state index in [9.17, 15) is 18.3 Å². The van der Waals surface area contributed by atoms with E-state index in [1.165, 1.54) is 10.4 Å². The van der Waals surface area contributed by atoms with Gasteiger partial charge in [-0.15, -0.1) is 0 Å². The summed E-state index contributed by atoms with van der Waals surface area (Å²) in [6, 6.07) is 13.1. The minimum absolute atomic E-state index is 0.0520. The minimum Gasteiger partial charge on any atom is -0.399 e. The Morgan fingerprint density at radius 2 is 1.77 bits per heavy atom. The highest BCUT2D eigenvalue weighted by atomic mass is 32.2. The molecule has 2 heterocycles. The molecule has 0 bridgehead atoms. The molecule has 0 aliphatic carbocycles. The van der Waals surface area contributed by atoms with Crippen LogP contribution >= 0.6 is 0 Å². The van der Waals surface area contributed by atoms with Crippen LogP contribution < -0.4 is 16.4 Å². The average molecular weight is 501 g/mol. The van der Waals surface area contributed by atoms with Crippen LogP contribution in [0.4, 0.5) is 16.2 Å². The Labute approximate surface area is 205 Å². The largest absolute Gasteiger partial charge is 0.399 e. The first kappa shape index (κ1) is 25.0. The van der Waals surface area contributed by atoms with Crippen LogP contribution in [0.25, 0.3) is 0 Å². The molecule has 2 aromatic rings. The maximum absolute atomic E-state index is 13.3. The van der Waals surface area contributed by atoms with E-state index in [1.807, 2.05) is 0 Å². The van der Waals surface area contributed by atoms with E-state index in [4.69, 9.17) is 16.9 Å². The second-order valence-corrected chi connectivity index (χ2v) is 11.2. The van der Waals surface area contributed by atoms with E-state index in [-0.39, 0.29) is 35.2 Å². The number of anilines is 2. The number of carbonyl (C=O) groups excluding carboxylic acids is 1. The number of urea groups is 1. The minimum atomic E-state index is -3.62. The molecule has 0 aromatic heterocycles.